The average Bonchev–Trinajstić information content (AvgIpc) is 2.37. The maximum Gasteiger partial charge on any atom is 0.321 e. The molecule has 0 heterocycles. The van der Waals surface area contributed by atoms with Gasteiger partial charge in [-0.3, -0.25) is 9.59 Å². The predicted octanol–water partition coefficient (Wildman–Crippen LogP) is 2.65. The number of carboxylic acids is 1. The van der Waals surface area contributed by atoms with Gasteiger partial charge in [-0.2, -0.15) is 0 Å². The fourth-order valence-electron chi connectivity index (χ4n) is 2.09. The molecule has 0 unspecified atom stereocenters. The summed E-state index contributed by atoms with van der Waals surface area (Å²) in [7, 11) is 0. The molecule has 0 saturated heterocycles. The molecule has 1 aromatic carbocycles. The molecule has 3 N–H and O–H groups in total. The summed E-state index contributed by atoms with van der Waals surface area (Å²) in [6.07, 6.45) is 0. The van der Waals surface area contributed by atoms with Gasteiger partial charge in [-0.15, -0.1) is 0 Å². The summed E-state index contributed by atoms with van der Waals surface area (Å²) in [6, 6.07) is 5.90. The number of rotatable bonds is 5. The van der Waals surface area contributed by atoms with E-state index in [2.05, 4.69) is 13.8 Å². The van der Waals surface area contributed by atoms with Crippen LogP contribution in [0.5, 0.6) is 0 Å². The summed E-state index contributed by atoms with van der Waals surface area (Å²) in [5.41, 5.74) is 6.66. The lowest BCUT2D eigenvalue weighted by atomic mass is 9.90. The van der Waals surface area contributed by atoms with Gasteiger partial charge < -0.3 is 15.6 Å². The molecule has 0 aliphatic rings. The molecule has 5 heteroatoms. The molecule has 0 saturated carbocycles. The summed E-state index contributed by atoms with van der Waals surface area (Å²) < 4.78 is 5.32. The highest BCUT2D eigenvalue weighted by atomic mass is 16.6. The average molecular weight is 307 g/mol. The molecule has 22 heavy (non-hydrogen) atoms. The van der Waals surface area contributed by atoms with Crippen LogP contribution in [-0.4, -0.2) is 28.7 Å². The lowest BCUT2D eigenvalue weighted by Gasteiger charge is -2.26. The number of aliphatic carboxylic acids is 1. The van der Waals surface area contributed by atoms with E-state index >= 15 is 0 Å². The maximum atomic E-state index is 12.4. The van der Waals surface area contributed by atoms with Gasteiger partial charge in [0.25, 0.3) is 0 Å². The monoisotopic (exact) mass is 307 g/mol. The molecule has 2 atom stereocenters. The van der Waals surface area contributed by atoms with E-state index in [1.54, 1.807) is 32.9 Å². The van der Waals surface area contributed by atoms with Crippen molar-refractivity contribution in [1.29, 1.82) is 0 Å². The number of hydrogen-bond acceptors (Lipinski definition) is 4. The standard InChI is InChI=1S/C17H25NO4/c1-10(2)11-6-8-12(9-7-11)13(14(18)15(19)20)16(21)22-17(3,4)5/h6-10,13-14H,18H2,1-5H3,(H,19,20)/t13-,14+/m1/s1. The molecule has 0 amide bonds. The summed E-state index contributed by atoms with van der Waals surface area (Å²) >= 11 is 0. The van der Waals surface area contributed by atoms with E-state index in [9.17, 15) is 14.7 Å². The summed E-state index contributed by atoms with van der Waals surface area (Å²) in [4.78, 5) is 23.6. The van der Waals surface area contributed by atoms with Gasteiger partial charge in [0, 0.05) is 0 Å². The van der Waals surface area contributed by atoms with E-state index in [1.165, 1.54) is 0 Å². The third-order valence-corrected chi connectivity index (χ3v) is 3.27. The number of nitrogens with two attached hydrogens (primary N) is 1. The van der Waals surface area contributed by atoms with Crippen LogP contribution >= 0.6 is 0 Å². The van der Waals surface area contributed by atoms with Gasteiger partial charge in [0.2, 0.25) is 0 Å². The Morgan fingerprint density at radius 1 is 1.09 bits per heavy atom. The number of ether oxygens (including phenoxy) is 1. The van der Waals surface area contributed by atoms with Crippen LogP contribution in [0.25, 0.3) is 0 Å². The minimum Gasteiger partial charge on any atom is -0.480 e. The van der Waals surface area contributed by atoms with E-state index in [-0.39, 0.29) is 0 Å². The highest BCUT2D eigenvalue weighted by Crippen LogP contribution is 2.25. The Hall–Kier alpha value is -1.88. The van der Waals surface area contributed by atoms with E-state index in [4.69, 9.17) is 10.5 Å². The normalized spacial score (nSPS) is 14.5. The van der Waals surface area contributed by atoms with Gasteiger partial charge in [-0.1, -0.05) is 38.1 Å². The zero-order valence-corrected chi connectivity index (χ0v) is 13.8. The van der Waals surface area contributed by atoms with Crippen molar-refractivity contribution in [2.75, 3.05) is 0 Å². The van der Waals surface area contributed by atoms with Crippen LogP contribution in [0.1, 0.15) is 57.6 Å². The molecule has 0 fully saturated rings. The number of hydrogen-bond donors (Lipinski definition) is 2. The molecule has 1 aromatic rings. The van der Waals surface area contributed by atoms with Crippen LogP contribution in [0.15, 0.2) is 24.3 Å². The van der Waals surface area contributed by atoms with Crippen molar-refractivity contribution >= 4 is 11.9 Å². The summed E-state index contributed by atoms with van der Waals surface area (Å²) in [6.45, 7) is 9.31. The molecule has 0 spiro atoms. The Labute approximate surface area is 131 Å². The summed E-state index contributed by atoms with van der Waals surface area (Å²) in [5, 5.41) is 9.17. The van der Waals surface area contributed by atoms with Crippen molar-refractivity contribution < 1.29 is 19.4 Å². The molecule has 5 nitrogen and oxygen atoms in total. The molecular weight excluding hydrogens is 282 g/mol. The van der Waals surface area contributed by atoms with E-state index in [1.807, 2.05) is 12.1 Å². The van der Waals surface area contributed by atoms with Crippen LogP contribution in [0, 0.1) is 0 Å². The van der Waals surface area contributed by atoms with Crippen molar-refractivity contribution in [2.24, 2.45) is 5.73 Å². The van der Waals surface area contributed by atoms with Gasteiger partial charge in [0.15, 0.2) is 0 Å². The topological polar surface area (TPSA) is 89.6 Å². The third kappa shape index (κ3) is 4.84. The first-order valence-corrected chi connectivity index (χ1v) is 7.34. The second-order valence-electron chi connectivity index (χ2n) is 6.70. The van der Waals surface area contributed by atoms with Crippen molar-refractivity contribution in [3.8, 4) is 0 Å². The van der Waals surface area contributed by atoms with Crippen molar-refractivity contribution in [2.45, 2.75) is 58.1 Å². The molecule has 1 rings (SSSR count). The fraction of sp³-hybridized carbons (Fsp3) is 0.529. The Morgan fingerprint density at radius 3 is 1.91 bits per heavy atom. The minimum atomic E-state index is -1.35. The first kappa shape index (κ1) is 18.2. The van der Waals surface area contributed by atoms with E-state index < -0.39 is 29.5 Å². The van der Waals surface area contributed by atoms with Crippen LogP contribution in [0.3, 0.4) is 0 Å². The molecule has 0 radical (unpaired) electrons. The number of carbonyl (C=O) groups is 2. The Kier molecular flexibility index (Phi) is 5.72. The number of esters is 1. The van der Waals surface area contributed by atoms with Crippen molar-refractivity contribution in [3.05, 3.63) is 35.4 Å². The lowest BCUT2D eigenvalue weighted by Crippen LogP contribution is -2.42. The molecule has 122 valence electrons. The van der Waals surface area contributed by atoms with Crippen LogP contribution in [0.2, 0.25) is 0 Å². The maximum absolute atomic E-state index is 12.4. The highest BCUT2D eigenvalue weighted by molar-refractivity contribution is 5.87. The second kappa shape index (κ2) is 6.92. The fourth-order valence-corrected chi connectivity index (χ4v) is 2.09. The first-order valence-electron chi connectivity index (χ1n) is 7.34. The lowest BCUT2D eigenvalue weighted by molar-refractivity contribution is -0.160. The van der Waals surface area contributed by atoms with Crippen LogP contribution in [0.4, 0.5) is 0 Å². The number of benzene rings is 1. The third-order valence-electron chi connectivity index (χ3n) is 3.27. The van der Waals surface area contributed by atoms with Crippen LogP contribution < -0.4 is 5.73 Å². The smallest absolute Gasteiger partial charge is 0.321 e. The highest BCUT2D eigenvalue weighted by Gasteiger charge is 2.35. The summed E-state index contributed by atoms with van der Waals surface area (Å²) in [5.74, 6) is -2.54. The van der Waals surface area contributed by atoms with Gasteiger partial charge in [0.1, 0.15) is 17.6 Å². The van der Waals surface area contributed by atoms with Gasteiger partial charge >= 0.3 is 11.9 Å². The van der Waals surface area contributed by atoms with Gasteiger partial charge in [-0.05, 0) is 37.8 Å². The molecule has 0 aliphatic heterocycles. The number of carbonyl (C=O) groups excluding carboxylic acids is 1. The molecular formula is C17H25NO4. The second-order valence-corrected chi connectivity index (χ2v) is 6.70. The zero-order valence-electron chi connectivity index (χ0n) is 13.8. The Morgan fingerprint density at radius 2 is 1.55 bits per heavy atom. The molecule has 0 aromatic heterocycles. The Bertz CT molecular complexity index is 529. The predicted molar refractivity (Wildman–Crippen MR) is 84.7 cm³/mol. The minimum absolute atomic E-state index is 0.349. The van der Waals surface area contributed by atoms with Crippen molar-refractivity contribution in [1.82, 2.24) is 0 Å². The van der Waals surface area contributed by atoms with Gasteiger partial charge in [0.05, 0.1) is 0 Å². The first-order chi connectivity index (χ1) is 10.0. The van der Waals surface area contributed by atoms with E-state index in [0.717, 1.165) is 5.56 Å². The van der Waals surface area contributed by atoms with E-state index in [0.29, 0.717) is 11.5 Å². The van der Waals surface area contributed by atoms with Crippen molar-refractivity contribution in [3.63, 3.8) is 0 Å². The quantitative estimate of drug-likeness (QED) is 0.816. The molecule has 0 aliphatic carbocycles. The largest absolute Gasteiger partial charge is 0.480 e. The van der Waals surface area contributed by atoms with Crippen LogP contribution in [-0.2, 0) is 14.3 Å². The SMILES string of the molecule is CC(C)c1ccc([C@@H](C(=O)OC(C)(C)C)[C@H](N)C(=O)O)cc1. The van der Waals surface area contributed by atoms with Gasteiger partial charge in [-0.25, -0.2) is 0 Å². The Balaban J connectivity index is 3.15. The molecule has 0 bridgehead atoms. The zero-order chi connectivity index (χ0) is 17.1. The number of carboxylic acid groups (broad SMARTS) is 1.